The highest BCUT2D eigenvalue weighted by Crippen LogP contribution is 2.01. The third-order valence-corrected chi connectivity index (χ3v) is 2.35. The van der Waals surface area contributed by atoms with Crippen molar-refractivity contribution in [2.24, 2.45) is 0 Å². The minimum Gasteiger partial charge on any atom is -0.234 e. The van der Waals surface area contributed by atoms with E-state index in [4.69, 9.17) is 0 Å². The van der Waals surface area contributed by atoms with Crippen LogP contribution >= 0.6 is 0 Å². The Morgan fingerprint density at radius 1 is 1.36 bits per heavy atom. The summed E-state index contributed by atoms with van der Waals surface area (Å²) in [6, 6.07) is 0. The summed E-state index contributed by atoms with van der Waals surface area (Å²) >= 11 is 0. The molecule has 11 heavy (non-hydrogen) atoms. The van der Waals surface area contributed by atoms with Crippen LogP contribution in [0, 0.1) is 13.8 Å². The number of aromatic nitrogens is 2. The third-order valence-electron chi connectivity index (χ3n) is 2.35. The molecule has 0 radical (unpaired) electrons. The van der Waals surface area contributed by atoms with E-state index < -0.39 is 0 Å². The fourth-order valence-corrected chi connectivity index (χ4v) is 1.39. The van der Waals surface area contributed by atoms with E-state index in [0.29, 0.717) is 0 Å². The maximum atomic E-state index is 2.28. The second kappa shape index (κ2) is 3.07. The van der Waals surface area contributed by atoms with Gasteiger partial charge in [0.25, 0.3) is 0 Å². The van der Waals surface area contributed by atoms with Gasteiger partial charge in [-0.15, -0.1) is 0 Å². The van der Waals surface area contributed by atoms with Gasteiger partial charge in [-0.25, -0.2) is 9.13 Å². The summed E-state index contributed by atoms with van der Waals surface area (Å²) in [6.07, 6.45) is 2.19. The third kappa shape index (κ3) is 1.30. The average molecular weight is 153 g/mol. The van der Waals surface area contributed by atoms with Gasteiger partial charge in [0.2, 0.25) is 6.33 Å². The van der Waals surface area contributed by atoms with Crippen molar-refractivity contribution in [1.29, 1.82) is 0 Å². The van der Waals surface area contributed by atoms with Gasteiger partial charge < -0.3 is 0 Å². The second-order valence-electron chi connectivity index (χ2n) is 2.86. The summed E-state index contributed by atoms with van der Waals surface area (Å²) in [7, 11) is 0. The molecule has 0 amide bonds. The lowest BCUT2D eigenvalue weighted by atomic mass is 10.3. The fourth-order valence-electron chi connectivity index (χ4n) is 1.39. The molecule has 0 unspecified atom stereocenters. The summed E-state index contributed by atoms with van der Waals surface area (Å²) in [5, 5.41) is 0. The van der Waals surface area contributed by atoms with E-state index in [1.54, 1.807) is 0 Å². The molecule has 0 aliphatic heterocycles. The van der Waals surface area contributed by atoms with Crippen molar-refractivity contribution >= 4 is 0 Å². The van der Waals surface area contributed by atoms with Crippen LogP contribution in [0.2, 0.25) is 0 Å². The van der Waals surface area contributed by atoms with Crippen LogP contribution in [0.25, 0.3) is 0 Å². The Morgan fingerprint density at radius 2 is 2.00 bits per heavy atom. The molecule has 62 valence electrons. The van der Waals surface area contributed by atoms with E-state index in [1.165, 1.54) is 11.4 Å². The molecule has 2 heteroatoms. The van der Waals surface area contributed by atoms with Crippen molar-refractivity contribution in [3.8, 4) is 0 Å². The van der Waals surface area contributed by atoms with E-state index in [9.17, 15) is 0 Å². The maximum Gasteiger partial charge on any atom is 0.244 e. The monoisotopic (exact) mass is 153 g/mol. The Kier molecular flexibility index (Phi) is 2.32. The molecule has 0 aromatic carbocycles. The number of rotatable bonds is 2. The van der Waals surface area contributed by atoms with Gasteiger partial charge in [0.05, 0.1) is 13.1 Å². The van der Waals surface area contributed by atoms with E-state index in [1.807, 2.05) is 0 Å². The summed E-state index contributed by atoms with van der Waals surface area (Å²) in [6.45, 7) is 10.8. The predicted octanol–water partition coefficient (Wildman–Crippen LogP) is 1.43. The molecule has 0 bridgehead atoms. The summed E-state index contributed by atoms with van der Waals surface area (Å²) < 4.78 is 4.55. The molecule has 0 saturated carbocycles. The van der Waals surface area contributed by atoms with Gasteiger partial charge in [0.1, 0.15) is 11.4 Å². The van der Waals surface area contributed by atoms with Gasteiger partial charge in [0, 0.05) is 13.8 Å². The molecule has 1 rings (SSSR count). The smallest absolute Gasteiger partial charge is 0.234 e. The molecule has 0 fully saturated rings. The molecule has 0 N–H and O–H groups in total. The minimum atomic E-state index is 1.07. The lowest BCUT2D eigenvalue weighted by molar-refractivity contribution is -0.698. The maximum absolute atomic E-state index is 2.28. The SMILES string of the molecule is CCn1c[n+](CC)c(C)c1C. The van der Waals surface area contributed by atoms with Crippen molar-refractivity contribution in [3.05, 3.63) is 17.7 Å². The Hall–Kier alpha value is -0.790. The molecule has 1 heterocycles. The minimum absolute atomic E-state index is 1.07. The molecule has 0 spiro atoms. The standard InChI is InChI=1S/C9H17N2/c1-5-10-7-11(6-2)9(4)8(10)3/h7H,5-6H2,1-4H3/q+1. The number of imidazole rings is 1. The largest absolute Gasteiger partial charge is 0.244 e. The average Bonchev–Trinajstić information content (AvgIpc) is 2.30. The van der Waals surface area contributed by atoms with E-state index >= 15 is 0 Å². The molecule has 0 aliphatic carbocycles. The fraction of sp³-hybridized carbons (Fsp3) is 0.667. The second-order valence-corrected chi connectivity index (χ2v) is 2.86. The highest BCUT2D eigenvalue weighted by molar-refractivity contribution is 5.02. The molecule has 0 atom stereocenters. The van der Waals surface area contributed by atoms with Crippen molar-refractivity contribution in [2.45, 2.75) is 40.8 Å². The Morgan fingerprint density at radius 3 is 2.27 bits per heavy atom. The summed E-state index contributed by atoms with van der Waals surface area (Å²) in [4.78, 5) is 0. The quantitative estimate of drug-likeness (QED) is 0.568. The first-order chi connectivity index (χ1) is 5.20. The normalized spacial score (nSPS) is 10.5. The Labute approximate surface area is 68.5 Å². The molecular weight excluding hydrogens is 136 g/mol. The molecule has 1 aromatic heterocycles. The van der Waals surface area contributed by atoms with E-state index in [0.717, 1.165) is 13.1 Å². The first-order valence-electron chi connectivity index (χ1n) is 4.26. The van der Waals surface area contributed by atoms with Gasteiger partial charge in [-0.05, 0) is 13.8 Å². The van der Waals surface area contributed by atoms with Gasteiger partial charge >= 0.3 is 0 Å². The predicted molar refractivity (Wildman–Crippen MR) is 45.4 cm³/mol. The molecule has 0 aliphatic rings. The lowest BCUT2D eigenvalue weighted by Crippen LogP contribution is -2.32. The van der Waals surface area contributed by atoms with Gasteiger partial charge in [0.15, 0.2) is 0 Å². The Balaban J connectivity index is 3.12. The molecular formula is C9H17N2+. The lowest BCUT2D eigenvalue weighted by Gasteiger charge is -1.89. The molecule has 2 nitrogen and oxygen atoms in total. The van der Waals surface area contributed by atoms with E-state index in [-0.39, 0.29) is 0 Å². The zero-order valence-corrected chi connectivity index (χ0v) is 7.89. The zero-order chi connectivity index (χ0) is 8.43. The van der Waals surface area contributed by atoms with Crippen LogP contribution < -0.4 is 4.57 Å². The van der Waals surface area contributed by atoms with Crippen molar-refractivity contribution in [1.82, 2.24) is 4.57 Å². The number of hydrogen-bond acceptors (Lipinski definition) is 0. The van der Waals surface area contributed by atoms with Crippen molar-refractivity contribution < 1.29 is 4.57 Å². The van der Waals surface area contributed by atoms with Gasteiger partial charge in [-0.1, -0.05) is 0 Å². The van der Waals surface area contributed by atoms with E-state index in [2.05, 4.69) is 43.2 Å². The molecule has 0 saturated heterocycles. The van der Waals surface area contributed by atoms with Crippen molar-refractivity contribution in [2.75, 3.05) is 0 Å². The van der Waals surface area contributed by atoms with Crippen LogP contribution in [0.3, 0.4) is 0 Å². The van der Waals surface area contributed by atoms with Crippen LogP contribution in [0.1, 0.15) is 25.2 Å². The van der Waals surface area contributed by atoms with Crippen LogP contribution in [0.15, 0.2) is 6.33 Å². The van der Waals surface area contributed by atoms with Crippen molar-refractivity contribution in [3.63, 3.8) is 0 Å². The van der Waals surface area contributed by atoms with Gasteiger partial charge in [-0.3, -0.25) is 0 Å². The Bertz CT molecular complexity index is 224. The zero-order valence-electron chi connectivity index (χ0n) is 7.89. The number of nitrogens with zero attached hydrogens (tertiary/aromatic N) is 2. The topological polar surface area (TPSA) is 8.81 Å². The number of aryl methyl sites for hydroxylation is 2. The van der Waals surface area contributed by atoms with Crippen LogP contribution in [0.5, 0.6) is 0 Å². The highest BCUT2D eigenvalue weighted by atomic mass is 15.1. The number of hydrogen-bond donors (Lipinski definition) is 0. The highest BCUT2D eigenvalue weighted by Gasteiger charge is 2.12. The van der Waals surface area contributed by atoms with Crippen LogP contribution in [-0.2, 0) is 13.1 Å². The molecule has 1 aromatic rings. The first kappa shape index (κ1) is 8.31. The van der Waals surface area contributed by atoms with Crippen LogP contribution in [-0.4, -0.2) is 4.57 Å². The van der Waals surface area contributed by atoms with Crippen LogP contribution in [0.4, 0.5) is 0 Å². The summed E-state index contributed by atoms with van der Waals surface area (Å²) in [5.74, 6) is 0. The first-order valence-corrected chi connectivity index (χ1v) is 4.26. The summed E-state index contributed by atoms with van der Waals surface area (Å²) in [5.41, 5.74) is 2.77. The van der Waals surface area contributed by atoms with Gasteiger partial charge in [-0.2, -0.15) is 0 Å².